The SMILES string of the molecule is CC(Nc1cc(F)ccc1NC(=O)OC(C)(C)C)c1ccoc1. The Morgan fingerprint density at radius 1 is 1.26 bits per heavy atom. The standard InChI is InChI=1S/C17H21FN2O3/c1-11(12-7-8-22-10-12)19-15-9-13(18)5-6-14(15)20-16(21)23-17(2,3)4/h5-11,19H,1-4H3,(H,20,21). The van der Waals surface area contributed by atoms with Gasteiger partial charge in [0.05, 0.1) is 29.9 Å². The van der Waals surface area contributed by atoms with E-state index in [0.29, 0.717) is 11.4 Å². The van der Waals surface area contributed by atoms with Gasteiger partial charge in [-0.3, -0.25) is 5.32 Å². The average molecular weight is 320 g/mol. The molecule has 1 amide bonds. The first-order chi connectivity index (χ1) is 10.7. The smallest absolute Gasteiger partial charge is 0.412 e. The second-order valence-electron chi connectivity index (χ2n) is 6.24. The van der Waals surface area contributed by atoms with Crippen molar-refractivity contribution in [1.82, 2.24) is 0 Å². The summed E-state index contributed by atoms with van der Waals surface area (Å²) in [6, 6.07) is 5.79. The molecule has 124 valence electrons. The monoisotopic (exact) mass is 320 g/mol. The van der Waals surface area contributed by atoms with Gasteiger partial charge in [0.2, 0.25) is 0 Å². The van der Waals surface area contributed by atoms with Crippen molar-refractivity contribution in [3.05, 3.63) is 48.2 Å². The Morgan fingerprint density at radius 2 is 2.00 bits per heavy atom. The maximum absolute atomic E-state index is 13.5. The Kier molecular flexibility index (Phi) is 4.93. The minimum atomic E-state index is -0.609. The average Bonchev–Trinajstić information content (AvgIpc) is 2.93. The largest absolute Gasteiger partial charge is 0.472 e. The highest BCUT2D eigenvalue weighted by atomic mass is 19.1. The van der Waals surface area contributed by atoms with Crippen molar-refractivity contribution in [3.8, 4) is 0 Å². The highest BCUT2D eigenvalue weighted by molar-refractivity contribution is 5.89. The zero-order chi connectivity index (χ0) is 17.0. The Bertz CT molecular complexity index is 663. The molecule has 6 heteroatoms. The van der Waals surface area contributed by atoms with Crippen LogP contribution in [0.5, 0.6) is 0 Å². The molecule has 0 saturated carbocycles. The number of nitrogens with one attached hydrogen (secondary N) is 2. The second-order valence-corrected chi connectivity index (χ2v) is 6.24. The van der Waals surface area contributed by atoms with Crippen LogP contribution in [0.25, 0.3) is 0 Å². The summed E-state index contributed by atoms with van der Waals surface area (Å²) in [4.78, 5) is 11.9. The van der Waals surface area contributed by atoms with Crippen molar-refractivity contribution in [2.75, 3.05) is 10.6 Å². The molecule has 23 heavy (non-hydrogen) atoms. The van der Waals surface area contributed by atoms with Gasteiger partial charge in [-0.2, -0.15) is 0 Å². The number of carbonyl (C=O) groups is 1. The van der Waals surface area contributed by atoms with Crippen molar-refractivity contribution in [3.63, 3.8) is 0 Å². The first-order valence-electron chi connectivity index (χ1n) is 7.33. The molecule has 0 saturated heterocycles. The molecule has 2 aromatic rings. The molecular formula is C17H21FN2O3. The van der Waals surface area contributed by atoms with E-state index in [1.54, 1.807) is 33.3 Å². The lowest BCUT2D eigenvalue weighted by atomic mass is 10.1. The number of hydrogen-bond donors (Lipinski definition) is 2. The topological polar surface area (TPSA) is 63.5 Å². The molecule has 5 nitrogen and oxygen atoms in total. The normalized spacial score (nSPS) is 12.6. The van der Waals surface area contributed by atoms with Crippen LogP contribution in [-0.2, 0) is 4.74 Å². The van der Waals surface area contributed by atoms with E-state index in [9.17, 15) is 9.18 Å². The number of anilines is 2. The van der Waals surface area contributed by atoms with E-state index >= 15 is 0 Å². The van der Waals surface area contributed by atoms with Crippen LogP contribution in [-0.4, -0.2) is 11.7 Å². The van der Waals surface area contributed by atoms with E-state index in [1.165, 1.54) is 18.2 Å². The third-order valence-electron chi connectivity index (χ3n) is 3.03. The van der Waals surface area contributed by atoms with Crippen LogP contribution in [0, 0.1) is 5.82 Å². The van der Waals surface area contributed by atoms with Crippen molar-refractivity contribution < 1.29 is 18.3 Å². The van der Waals surface area contributed by atoms with Crippen molar-refractivity contribution in [1.29, 1.82) is 0 Å². The minimum Gasteiger partial charge on any atom is -0.472 e. The lowest BCUT2D eigenvalue weighted by Gasteiger charge is -2.21. The van der Waals surface area contributed by atoms with Crippen LogP contribution < -0.4 is 10.6 Å². The first kappa shape index (κ1) is 16.9. The Labute approximate surface area is 134 Å². The zero-order valence-electron chi connectivity index (χ0n) is 13.6. The lowest BCUT2D eigenvalue weighted by Crippen LogP contribution is -2.27. The van der Waals surface area contributed by atoms with Crippen molar-refractivity contribution in [2.24, 2.45) is 0 Å². The molecule has 1 aromatic carbocycles. The number of rotatable bonds is 4. The number of halogens is 1. The van der Waals surface area contributed by atoms with Gasteiger partial charge in [0.1, 0.15) is 11.4 Å². The van der Waals surface area contributed by atoms with Crippen LogP contribution >= 0.6 is 0 Å². The van der Waals surface area contributed by atoms with E-state index < -0.39 is 17.5 Å². The Hall–Kier alpha value is -2.50. The van der Waals surface area contributed by atoms with Gasteiger partial charge in [-0.15, -0.1) is 0 Å². The molecule has 0 aliphatic carbocycles. The van der Waals surface area contributed by atoms with Crippen molar-refractivity contribution >= 4 is 17.5 Å². The molecule has 0 spiro atoms. The van der Waals surface area contributed by atoms with Crippen LogP contribution in [0.2, 0.25) is 0 Å². The highest BCUT2D eigenvalue weighted by Gasteiger charge is 2.18. The quantitative estimate of drug-likeness (QED) is 0.837. The van der Waals surface area contributed by atoms with Gasteiger partial charge in [-0.25, -0.2) is 9.18 Å². The van der Waals surface area contributed by atoms with Crippen LogP contribution in [0.15, 0.2) is 41.2 Å². The minimum absolute atomic E-state index is 0.116. The van der Waals surface area contributed by atoms with E-state index in [2.05, 4.69) is 10.6 Å². The van der Waals surface area contributed by atoms with Gasteiger partial charge < -0.3 is 14.5 Å². The van der Waals surface area contributed by atoms with Gasteiger partial charge >= 0.3 is 6.09 Å². The second kappa shape index (κ2) is 6.73. The maximum Gasteiger partial charge on any atom is 0.412 e. The van der Waals surface area contributed by atoms with Crippen molar-refractivity contribution in [2.45, 2.75) is 39.3 Å². The summed E-state index contributed by atoms with van der Waals surface area (Å²) in [5.74, 6) is -0.401. The molecule has 0 fully saturated rings. The molecule has 1 aromatic heterocycles. The molecule has 0 bridgehead atoms. The summed E-state index contributed by atoms with van der Waals surface area (Å²) in [5, 5.41) is 5.78. The van der Waals surface area contributed by atoms with E-state index in [0.717, 1.165) is 5.56 Å². The fourth-order valence-corrected chi connectivity index (χ4v) is 2.00. The summed E-state index contributed by atoms with van der Waals surface area (Å²) < 4.78 is 23.8. The summed E-state index contributed by atoms with van der Waals surface area (Å²) in [5.41, 5.74) is 1.21. The van der Waals surface area contributed by atoms with Crippen LogP contribution in [0.3, 0.4) is 0 Å². The number of hydrogen-bond acceptors (Lipinski definition) is 4. The predicted octanol–water partition coefficient (Wildman–Crippen LogP) is 4.94. The maximum atomic E-state index is 13.5. The zero-order valence-corrected chi connectivity index (χ0v) is 13.6. The number of furan rings is 1. The molecule has 0 aliphatic rings. The van der Waals surface area contributed by atoms with Crippen LogP contribution in [0.1, 0.15) is 39.3 Å². The van der Waals surface area contributed by atoms with E-state index in [-0.39, 0.29) is 6.04 Å². The molecule has 1 unspecified atom stereocenters. The molecule has 2 rings (SSSR count). The van der Waals surface area contributed by atoms with Gasteiger partial charge in [0, 0.05) is 5.56 Å². The third kappa shape index (κ3) is 5.02. The molecule has 2 N–H and O–H groups in total. The van der Waals surface area contributed by atoms with Crippen LogP contribution in [0.4, 0.5) is 20.6 Å². The fourth-order valence-electron chi connectivity index (χ4n) is 2.00. The lowest BCUT2D eigenvalue weighted by molar-refractivity contribution is 0.0636. The summed E-state index contributed by atoms with van der Waals surface area (Å²) in [6.45, 7) is 7.24. The van der Waals surface area contributed by atoms with E-state index in [1.807, 2.05) is 13.0 Å². The molecule has 0 aliphatic heterocycles. The predicted molar refractivity (Wildman–Crippen MR) is 87.0 cm³/mol. The number of ether oxygens (including phenoxy) is 1. The van der Waals surface area contributed by atoms with Gasteiger partial charge in [0.15, 0.2) is 0 Å². The third-order valence-corrected chi connectivity index (χ3v) is 3.03. The fraction of sp³-hybridized carbons (Fsp3) is 0.353. The first-order valence-corrected chi connectivity index (χ1v) is 7.33. The summed E-state index contributed by atoms with van der Waals surface area (Å²) >= 11 is 0. The summed E-state index contributed by atoms with van der Waals surface area (Å²) in [6.07, 6.45) is 2.58. The molecule has 1 atom stereocenters. The molecule has 1 heterocycles. The number of carbonyl (C=O) groups excluding carboxylic acids is 1. The molecule has 0 radical (unpaired) electrons. The molecular weight excluding hydrogens is 299 g/mol. The van der Waals surface area contributed by atoms with Gasteiger partial charge in [-0.1, -0.05) is 0 Å². The Balaban J connectivity index is 2.15. The summed E-state index contributed by atoms with van der Waals surface area (Å²) in [7, 11) is 0. The Morgan fingerprint density at radius 3 is 2.61 bits per heavy atom. The highest BCUT2D eigenvalue weighted by Crippen LogP contribution is 2.28. The van der Waals surface area contributed by atoms with E-state index in [4.69, 9.17) is 9.15 Å². The number of benzene rings is 1. The number of amides is 1. The van der Waals surface area contributed by atoms with Gasteiger partial charge in [0.25, 0.3) is 0 Å². The van der Waals surface area contributed by atoms with Gasteiger partial charge in [-0.05, 0) is 52.0 Å².